The summed E-state index contributed by atoms with van der Waals surface area (Å²) in [6, 6.07) is 16.9. The fourth-order valence-electron chi connectivity index (χ4n) is 4.23. The second kappa shape index (κ2) is 8.30. The van der Waals surface area contributed by atoms with Crippen molar-refractivity contribution in [3.8, 4) is 5.75 Å². The standard InChI is InChI=1S/C23H25N7O2/c1-3-17-21(23(31,15-9-5-4-6-10-15)19-11-7-8-12-24-19)25-20-13-18(32-2)16(14-30(17)20)22-26-28-29-27-22/h4-14,22,26-29,31H,3H2,1-2H3. The highest BCUT2D eigenvalue weighted by atomic mass is 16.5. The predicted molar refractivity (Wildman–Crippen MR) is 119 cm³/mol. The molecule has 1 fully saturated rings. The lowest BCUT2D eigenvalue weighted by Crippen LogP contribution is -2.33. The summed E-state index contributed by atoms with van der Waals surface area (Å²) in [5.41, 5.74) is 14.6. The number of ether oxygens (including phenoxy) is 1. The molecule has 1 aliphatic rings. The fourth-order valence-corrected chi connectivity index (χ4v) is 4.23. The molecular weight excluding hydrogens is 406 g/mol. The maximum Gasteiger partial charge on any atom is 0.176 e. The summed E-state index contributed by atoms with van der Waals surface area (Å²) in [4.78, 5) is 9.41. The monoisotopic (exact) mass is 431 g/mol. The minimum atomic E-state index is -1.51. The summed E-state index contributed by atoms with van der Waals surface area (Å²) in [6.07, 6.45) is 4.11. The topological polar surface area (TPSA) is 108 Å². The van der Waals surface area contributed by atoms with Crippen LogP contribution in [0.2, 0.25) is 0 Å². The average molecular weight is 432 g/mol. The Morgan fingerprint density at radius 2 is 1.84 bits per heavy atom. The van der Waals surface area contributed by atoms with Crippen LogP contribution in [0.4, 0.5) is 0 Å². The van der Waals surface area contributed by atoms with Crippen molar-refractivity contribution < 1.29 is 9.84 Å². The summed E-state index contributed by atoms with van der Waals surface area (Å²) in [5.74, 6) is 0.674. The molecule has 1 aromatic carbocycles. The fraction of sp³-hybridized carbons (Fsp3) is 0.217. The van der Waals surface area contributed by atoms with E-state index in [1.54, 1.807) is 13.3 Å². The quantitative estimate of drug-likeness (QED) is 0.314. The van der Waals surface area contributed by atoms with Crippen LogP contribution in [0.1, 0.15) is 41.3 Å². The molecule has 1 atom stereocenters. The van der Waals surface area contributed by atoms with Crippen LogP contribution in [-0.2, 0) is 12.0 Å². The molecule has 164 valence electrons. The third-order valence-corrected chi connectivity index (χ3v) is 5.78. The minimum Gasteiger partial charge on any atom is -0.496 e. The summed E-state index contributed by atoms with van der Waals surface area (Å²) in [5, 5.41) is 12.2. The molecule has 1 saturated heterocycles. The van der Waals surface area contributed by atoms with Crippen LogP contribution in [-0.4, -0.2) is 26.6 Å². The molecule has 1 aliphatic heterocycles. The number of nitrogens with zero attached hydrogens (tertiary/aromatic N) is 3. The Morgan fingerprint density at radius 3 is 2.50 bits per heavy atom. The molecular formula is C23H25N7O2. The number of pyridine rings is 2. The van der Waals surface area contributed by atoms with Crippen molar-refractivity contribution >= 4 is 5.65 Å². The van der Waals surface area contributed by atoms with Gasteiger partial charge in [0.25, 0.3) is 0 Å². The van der Waals surface area contributed by atoms with Gasteiger partial charge in [0.05, 0.1) is 12.8 Å². The van der Waals surface area contributed by atoms with Crippen LogP contribution in [0.5, 0.6) is 5.75 Å². The van der Waals surface area contributed by atoms with E-state index in [9.17, 15) is 5.11 Å². The van der Waals surface area contributed by atoms with Crippen molar-refractivity contribution in [1.29, 1.82) is 0 Å². The van der Waals surface area contributed by atoms with Crippen molar-refractivity contribution in [3.05, 3.63) is 95.2 Å². The second-order valence-corrected chi connectivity index (χ2v) is 7.55. The number of nitrogens with one attached hydrogen (secondary N) is 4. The summed E-state index contributed by atoms with van der Waals surface area (Å²) >= 11 is 0. The lowest BCUT2D eigenvalue weighted by Gasteiger charge is -2.27. The van der Waals surface area contributed by atoms with Crippen molar-refractivity contribution in [1.82, 2.24) is 36.3 Å². The van der Waals surface area contributed by atoms with E-state index in [1.165, 1.54) is 0 Å². The van der Waals surface area contributed by atoms with Gasteiger partial charge in [-0.1, -0.05) is 43.3 Å². The molecule has 4 heterocycles. The maximum absolute atomic E-state index is 12.2. The van der Waals surface area contributed by atoms with Gasteiger partial charge < -0.3 is 14.2 Å². The highest BCUT2D eigenvalue weighted by Crippen LogP contribution is 2.38. The van der Waals surface area contributed by atoms with Gasteiger partial charge in [-0.3, -0.25) is 4.98 Å². The van der Waals surface area contributed by atoms with Crippen LogP contribution >= 0.6 is 0 Å². The Balaban J connectivity index is 1.78. The van der Waals surface area contributed by atoms with Crippen molar-refractivity contribution in [2.75, 3.05) is 7.11 Å². The molecule has 9 nitrogen and oxygen atoms in total. The Kier molecular flexibility index (Phi) is 5.33. The number of aromatic nitrogens is 3. The van der Waals surface area contributed by atoms with Gasteiger partial charge in [0.2, 0.25) is 0 Å². The van der Waals surface area contributed by atoms with Crippen LogP contribution < -0.4 is 26.7 Å². The molecule has 5 N–H and O–H groups in total. The molecule has 1 unspecified atom stereocenters. The number of hydrazine groups is 3. The number of hydrogen-bond donors (Lipinski definition) is 5. The van der Waals surface area contributed by atoms with Crippen LogP contribution in [0, 0.1) is 0 Å². The van der Waals surface area contributed by atoms with E-state index in [1.807, 2.05) is 65.2 Å². The van der Waals surface area contributed by atoms with E-state index in [0.717, 1.165) is 11.3 Å². The van der Waals surface area contributed by atoms with E-state index in [0.29, 0.717) is 34.8 Å². The number of benzene rings is 1. The summed E-state index contributed by atoms with van der Waals surface area (Å²) in [6.45, 7) is 2.05. The van der Waals surface area contributed by atoms with E-state index in [-0.39, 0.29) is 6.17 Å². The van der Waals surface area contributed by atoms with Gasteiger partial charge in [0.1, 0.15) is 23.3 Å². The zero-order valence-corrected chi connectivity index (χ0v) is 17.8. The zero-order valence-electron chi connectivity index (χ0n) is 17.8. The van der Waals surface area contributed by atoms with Gasteiger partial charge in [-0.25, -0.2) is 15.8 Å². The molecule has 0 saturated carbocycles. The Hall–Kier alpha value is -3.34. The summed E-state index contributed by atoms with van der Waals surface area (Å²) in [7, 11) is 1.63. The number of aliphatic hydroxyl groups is 1. The van der Waals surface area contributed by atoms with Gasteiger partial charge >= 0.3 is 0 Å². The van der Waals surface area contributed by atoms with Gasteiger partial charge in [0.15, 0.2) is 5.60 Å². The molecule has 0 amide bonds. The predicted octanol–water partition coefficient (Wildman–Crippen LogP) is 1.70. The number of fused-ring (bicyclic) bond motifs is 1. The first-order chi connectivity index (χ1) is 15.7. The third kappa shape index (κ3) is 3.24. The third-order valence-electron chi connectivity index (χ3n) is 5.78. The highest BCUT2D eigenvalue weighted by Gasteiger charge is 2.40. The Bertz CT molecular complexity index is 1180. The smallest absolute Gasteiger partial charge is 0.176 e. The normalized spacial score (nSPS) is 16.3. The maximum atomic E-state index is 12.2. The number of rotatable bonds is 6. The van der Waals surface area contributed by atoms with Crippen LogP contribution in [0.15, 0.2) is 67.0 Å². The lowest BCUT2D eigenvalue weighted by molar-refractivity contribution is 0.115. The van der Waals surface area contributed by atoms with Crippen molar-refractivity contribution in [2.24, 2.45) is 0 Å². The molecule has 4 aromatic rings. The SMILES string of the molecule is CCc1c(C(O)(c2ccccc2)c2ccccn2)nc2cc(OC)c(C3NNNN3)cn12. The number of aryl methyl sites for hydroxylation is 1. The number of imidazole rings is 1. The molecule has 0 spiro atoms. The summed E-state index contributed by atoms with van der Waals surface area (Å²) < 4.78 is 7.65. The molecule has 32 heavy (non-hydrogen) atoms. The first-order valence-corrected chi connectivity index (χ1v) is 10.5. The molecule has 9 heteroatoms. The average Bonchev–Trinajstić information content (AvgIpc) is 3.51. The van der Waals surface area contributed by atoms with E-state index in [2.05, 4.69) is 33.8 Å². The van der Waals surface area contributed by atoms with Gasteiger partial charge in [-0.2, -0.15) is 11.1 Å². The van der Waals surface area contributed by atoms with Gasteiger partial charge in [-0.15, -0.1) is 0 Å². The van der Waals surface area contributed by atoms with Crippen molar-refractivity contribution in [3.63, 3.8) is 0 Å². The van der Waals surface area contributed by atoms with Crippen LogP contribution in [0.3, 0.4) is 0 Å². The second-order valence-electron chi connectivity index (χ2n) is 7.55. The van der Waals surface area contributed by atoms with Crippen LogP contribution in [0.25, 0.3) is 5.65 Å². The molecule has 0 bridgehead atoms. The van der Waals surface area contributed by atoms with E-state index < -0.39 is 5.60 Å². The Morgan fingerprint density at radius 1 is 1.09 bits per heavy atom. The first-order valence-electron chi connectivity index (χ1n) is 10.5. The number of hydrogen-bond acceptors (Lipinski definition) is 8. The van der Waals surface area contributed by atoms with Gasteiger partial charge in [0, 0.05) is 29.7 Å². The minimum absolute atomic E-state index is 0.214. The van der Waals surface area contributed by atoms with E-state index in [4.69, 9.17) is 9.72 Å². The molecule has 3 aromatic heterocycles. The zero-order chi connectivity index (χ0) is 22.1. The van der Waals surface area contributed by atoms with Crippen molar-refractivity contribution in [2.45, 2.75) is 25.1 Å². The number of methoxy groups -OCH3 is 1. The molecule has 0 aliphatic carbocycles. The molecule has 0 radical (unpaired) electrons. The molecule has 5 rings (SSSR count). The highest BCUT2D eigenvalue weighted by molar-refractivity contribution is 5.55. The van der Waals surface area contributed by atoms with E-state index >= 15 is 0 Å². The largest absolute Gasteiger partial charge is 0.496 e. The first kappa shape index (κ1) is 20.6. The lowest BCUT2D eigenvalue weighted by atomic mass is 9.85. The van der Waals surface area contributed by atoms with Gasteiger partial charge in [-0.05, 0) is 24.1 Å². The Labute approximate surface area is 185 Å².